The third-order valence-electron chi connectivity index (χ3n) is 1.74. The van der Waals surface area contributed by atoms with Crippen molar-refractivity contribution in [1.82, 2.24) is 0 Å². The van der Waals surface area contributed by atoms with Crippen LogP contribution in [0.5, 0.6) is 0 Å². The zero-order valence-electron chi connectivity index (χ0n) is 7.84. The smallest absolute Gasteiger partial charge is 0.224 e. The van der Waals surface area contributed by atoms with Crippen LogP contribution in [0.2, 0.25) is 0 Å². The molecule has 0 aromatic heterocycles. The van der Waals surface area contributed by atoms with E-state index in [2.05, 4.69) is 18.3 Å². The lowest BCUT2D eigenvalue weighted by molar-refractivity contribution is -0.116. The number of para-hydroxylation sites is 1. The van der Waals surface area contributed by atoms with Gasteiger partial charge in [-0.15, -0.1) is 0 Å². The number of anilines is 1. The molecule has 0 spiro atoms. The van der Waals surface area contributed by atoms with Crippen molar-refractivity contribution in [2.75, 3.05) is 5.32 Å². The number of benzene rings is 1. The lowest BCUT2D eigenvalue weighted by atomic mass is 10.2. The Hall–Kier alpha value is -1.31. The van der Waals surface area contributed by atoms with Crippen molar-refractivity contribution in [3.05, 3.63) is 30.3 Å². The van der Waals surface area contributed by atoms with Gasteiger partial charge < -0.3 is 5.32 Å². The molecule has 1 N–H and O–H groups in total. The largest absolute Gasteiger partial charge is 0.326 e. The van der Waals surface area contributed by atoms with E-state index in [0.29, 0.717) is 6.42 Å². The van der Waals surface area contributed by atoms with Crippen LogP contribution in [0.25, 0.3) is 0 Å². The standard InChI is InChI=1S/C11H14NO/c1-2-3-9-11(13)12-10-7-5-4-6-8-10/h4-7H,2-3,9H2,1H3,(H,12,13). The highest BCUT2D eigenvalue weighted by Gasteiger charge is 1.99. The van der Waals surface area contributed by atoms with Crippen LogP contribution in [0.3, 0.4) is 0 Å². The van der Waals surface area contributed by atoms with Gasteiger partial charge in [-0.3, -0.25) is 4.79 Å². The van der Waals surface area contributed by atoms with Crippen LogP contribution >= 0.6 is 0 Å². The highest BCUT2D eigenvalue weighted by molar-refractivity contribution is 5.90. The maximum atomic E-state index is 11.2. The molecule has 0 saturated carbocycles. The van der Waals surface area contributed by atoms with Gasteiger partial charge in [0.05, 0.1) is 0 Å². The van der Waals surface area contributed by atoms with Crippen molar-refractivity contribution < 1.29 is 4.79 Å². The molecule has 1 aromatic carbocycles. The van der Waals surface area contributed by atoms with Crippen molar-refractivity contribution >= 4 is 11.6 Å². The van der Waals surface area contributed by atoms with Gasteiger partial charge in [-0.1, -0.05) is 31.5 Å². The SMILES string of the molecule is CCCCC(=O)Nc1[c]cccc1. The molecule has 1 radical (unpaired) electrons. The van der Waals surface area contributed by atoms with Crippen LogP contribution < -0.4 is 5.32 Å². The van der Waals surface area contributed by atoms with Gasteiger partial charge >= 0.3 is 0 Å². The van der Waals surface area contributed by atoms with Gasteiger partial charge in [-0.05, 0) is 12.5 Å². The molecular formula is C11H14NO. The Morgan fingerprint density at radius 2 is 2.38 bits per heavy atom. The predicted octanol–water partition coefficient (Wildman–Crippen LogP) is 2.62. The molecule has 1 aromatic rings. The minimum atomic E-state index is 0.0734. The highest BCUT2D eigenvalue weighted by atomic mass is 16.1. The number of amides is 1. The number of hydrogen-bond donors (Lipinski definition) is 1. The summed E-state index contributed by atoms with van der Waals surface area (Å²) in [6.07, 6.45) is 2.59. The number of hydrogen-bond acceptors (Lipinski definition) is 1. The Morgan fingerprint density at radius 1 is 1.54 bits per heavy atom. The lowest BCUT2D eigenvalue weighted by Crippen LogP contribution is -2.10. The van der Waals surface area contributed by atoms with E-state index in [4.69, 9.17) is 0 Å². The first-order valence-corrected chi connectivity index (χ1v) is 4.59. The lowest BCUT2D eigenvalue weighted by Gasteiger charge is -2.02. The Labute approximate surface area is 79.0 Å². The van der Waals surface area contributed by atoms with Crippen molar-refractivity contribution in [3.8, 4) is 0 Å². The van der Waals surface area contributed by atoms with Gasteiger partial charge in [0.2, 0.25) is 5.91 Å². The van der Waals surface area contributed by atoms with E-state index in [0.717, 1.165) is 18.5 Å². The molecule has 2 heteroatoms. The summed E-state index contributed by atoms with van der Waals surface area (Å²) in [6, 6.07) is 10.3. The summed E-state index contributed by atoms with van der Waals surface area (Å²) in [5, 5.41) is 2.78. The van der Waals surface area contributed by atoms with E-state index in [-0.39, 0.29) is 5.91 Å². The zero-order valence-corrected chi connectivity index (χ0v) is 7.84. The van der Waals surface area contributed by atoms with Gasteiger partial charge in [0, 0.05) is 18.2 Å². The van der Waals surface area contributed by atoms with Crippen LogP contribution in [-0.2, 0) is 4.79 Å². The van der Waals surface area contributed by atoms with Crippen LogP contribution in [-0.4, -0.2) is 5.91 Å². The van der Waals surface area contributed by atoms with Crippen molar-refractivity contribution in [2.24, 2.45) is 0 Å². The number of unbranched alkanes of at least 4 members (excludes halogenated alkanes) is 1. The average Bonchev–Trinajstić information content (AvgIpc) is 2.16. The molecule has 0 bridgehead atoms. The maximum absolute atomic E-state index is 11.2. The summed E-state index contributed by atoms with van der Waals surface area (Å²) in [5.74, 6) is 0.0734. The molecule has 0 fully saturated rings. The van der Waals surface area contributed by atoms with E-state index >= 15 is 0 Å². The van der Waals surface area contributed by atoms with Crippen LogP contribution in [0.1, 0.15) is 26.2 Å². The molecule has 0 atom stereocenters. The first kappa shape index (κ1) is 9.78. The second-order valence-corrected chi connectivity index (χ2v) is 2.93. The summed E-state index contributed by atoms with van der Waals surface area (Å²) in [5.41, 5.74) is 0.753. The fourth-order valence-corrected chi connectivity index (χ4v) is 1.02. The number of rotatable bonds is 4. The van der Waals surface area contributed by atoms with Gasteiger partial charge in [-0.25, -0.2) is 0 Å². The topological polar surface area (TPSA) is 29.1 Å². The van der Waals surface area contributed by atoms with Crippen LogP contribution in [0.4, 0.5) is 5.69 Å². The molecule has 2 nitrogen and oxygen atoms in total. The molecule has 1 amide bonds. The predicted molar refractivity (Wildman–Crippen MR) is 53.4 cm³/mol. The van der Waals surface area contributed by atoms with E-state index in [9.17, 15) is 4.79 Å². The normalized spacial score (nSPS) is 9.62. The molecule has 0 aliphatic carbocycles. The Bertz CT molecular complexity index is 256. The Balaban J connectivity index is 2.37. The Kier molecular flexibility index (Phi) is 4.03. The van der Waals surface area contributed by atoms with Crippen LogP contribution in [0.15, 0.2) is 24.3 Å². The van der Waals surface area contributed by atoms with Crippen molar-refractivity contribution in [1.29, 1.82) is 0 Å². The highest BCUT2D eigenvalue weighted by Crippen LogP contribution is 2.05. The molecule has 13 heavy (non-hydrogen) atoms. The first-order valence-electron chi connectivity index (χ1n) is 4.59. The van der Waals surface area contributed by atoms with Crippen molar-refractivity contribution in [3.63, 3.8) is 0 Å². The molecule has 0 saturated heterocycles. The molecule has 69 valence electrons. The maximum Gasteiger partial charge on any atom is 0.224 e. The summed E-state index contributed by atoms with van der Waals surface area (Å²) >= 11 is 0. The van der Waals surface area contributed by atoms with E-state index in [1.165, 1.54) is 0 Å². The van der Waals surface area contributed by atoms with Gasteiger partial charge in [0.1, 0.15) is 0 Å². The first-order chi connectivity index (χ1) is 6.33. The van der Waals surface area contributed by atoms with Gasteiger partial charge in [0.25, 0.3) is 0 Å². The summed E-state index contributed by atoms with van der Waals surface area (Å²) in [7, 11) is 0. The second kappa shape index (κ2) is 5.36. The molecule has 1 rings (SSSR count). The van der Waals surface area contributed by atoms with Crippen LogP contribution in [0, 0.1) is 6.07 Å². The fourth-order valence-electron chi connectivity index (χ4n) is 1.02. The summed E-state index contributed by atoms with van der Waals surface area (Å²) in [6.45, 7) is 2.07. The molecule has 0 heterocycles. The third kappa shape index (κ3) is 3.74. The monoisotopic (exact) mass is 176 g/mol. The summed E-state index contributed by atoms with van der Waals surface area (Å²) < 4.78 is 0. The quantitative estimate of drug-likeness (QED) is 0.750. The number of nitrogens with one attached hydrogen (secondary N) is 1. The zero-order chi connectivity index (χ0) is 9.52. The van der Waals surface area contributed by atoms with E-state index in [1.807, 2.05) is 18.2 Å². The van der Waals surface area contributed by atoms with E-state index < -0.39 is 0 Å². The van der Waals surface area contributed by atoms with Gasteiger partial charge in [0.15, 0.2) is 0 Å². The van der Waals surface area contributed by atoms with Gasteiger partial charge in [-0.2, -0.15) is 0 Å². The minimum Gasteiger partial charge on any atom is -0.326 e. The number of carbonyl (C=O) groups excluding carboxylic acids is 1. The number of carbonyl (C=O) groups is 1. The molecule has 0 unspecified atom stereocenters. The third-order valence-corrected chi connectivity index (χ3v) is 1.74. The molecule has 0 aliphatic heterocycles. The Morgan fingerprint density at radius 3 is 3.00 bits per heavy atom. The molecule has 0 aliphatic rings. The van der Waals surface area contributed by atoms with Crippen molar-refractivity contribution in [2.45, 2.75) is 26.2 Å². The molecular weight excluding hydrogens is 162 g/mol. The van der Waals surface area contributed by atoms with E-state index in [1.54, 1.807) is 6.07 Å². The minimum absolute atomic E-state index is 0.0734. The average molecular weight is 176 g/mol. The summed E-state index contributed by atoms with van der Waals surface area (Å²) in [4.78, 5) is 11.2. The second-order valence-electron chi connectivity index (χ2n) is 2.93. The fraction of sp³-hybridized carbons (Fsp3) is 0.364.